The van der Waals surface area contributed by atoms with Gasteiger partial charge in [-0.3, -0.25) is 0 Å². The molecule has 0 aromatic carbocycles. The molecule has 1 atom stereocenters. The van der Waals surface area contributed by atoms with Crippen LogP contribution in [-0.2, 0) is 4.79 Å². The first kappa shape index (κ1) is 11.4. The maximum absolute atomic E-state index is 13.1. The highest BCUT2D eigenvalue weighted by molar-refractivity contribution is 5.72. The van der Waals surface area contributed by atoms with Crippen LogP contribution in [0.3, 0.4) is 0 Å². The number of carboxylic acids is 1. The monoisotopic (exact) mass is 203 g/mol. The van der Waals surface area contributed by atoms with Gasteiger partial charge in [-0.15, -0.1) is 0 Å². The first-order chi connectivity index (χ1) is 6.52. The summed E-state index contributed by atoms with van der Waals surface area (Å²) in [5.41, 5.74) is 0. The molecule has 0 aromatic rings. The Morgan fingerprint density at radius 2 is 1.93 bits per heavy atom. The van der Waals surface area contributed by atoms with Gasteiger partial charge in [0.2, 0.25) is 0 Å². The molecule has 0 spiro atoms. The Bertz CT molecular complexity index is 200. The molecule has 0 aromatic heterocycles. The van der Waals surface area contributed by atoms with E-state index in [9.17, 15) is 9.18 Å². The molecule has 0 radical (unpaired) electrons. The lowest BCUT2D eigenvalue weighted by Crippen LogP contribution is -2.41. The van der Waals surface area contributed by atoms with E-state index in [0.29, 0.717) is 18.9 Å². The largest absolute Gasteiger partial charge is 0.479 e. The Labute approximate surface area is 83.9 Å². The highest BCUT2D eigenvalue weighted by atomic mass is 19.1. The summed E-state index contributed by atoms with van der Waals surface area (Å²) in [6, 6.07) is 0.471. The van der Waals surface area contributed by atoms with Crippen LogP contribution in [0.15, 0.2) is 0 Å². The van der Waals surface area contributed by atoms with Crippen molar-refractivity contribution in [1.29, 1.82) is 0 Å². The minimum absolute atomic E-state index is 0.289. The van der Waals surface area contributed by atoms with Crippen LogP contribution < -0.4 is 0 Å². The van der Waals surface area contributed by atoms with E-state index in [1.165, 1.54) is 0 Å². The second-order valence-electron chi connectivity index (χ2n) is 4.21. The highest BCUT2D eigenvalue weighted by Gasteiger charge is 2.31. The lowest BCUT2D eigenvalue weighted by Gasteiger charge is -2.34. The molecule has 82 valence electrons. The standard InChI is InChI=1S/C10H18FNO2/c1-7(2)12-5-3-8(4-6-12)9(11)10(13)14/h7-9H,3-6H2,1-2H3,(H,13,14). The molecule has 14 heavy (non-hydrogen) atoms. The smallest absolute Gasteiger partial charge is 0.338 e. The quantitative estimate of drug-likeness (QED) is 0.756. The van der Waals surface area contributed by atoms with Crippen molar-refractivity contribution in [2.45, 2.75) is 38.9 Å². The van der Waals surface area contributed by atoms with E-state index in [-0.39, 0.29) is 5.92 Å². The van der Waals surface area contributed by atoms with E-state index in [1.807, 2.05) is 0 Å². The van der Waals surface area contributed by atoms with Crippen LogP contribution in [0.25, 0.3) is 0 Å². The van der Waals surface area contributed by atoms with Gasteiger partial charge in [-0.1, -0.05) is 0 Å². The zero-order chi connectivity index (χ0) is 10.7. The first-order valence-electron chi connectivity index (χ1n) is 5.13. The molecule has 1 heterocycles. The highest BCUT2D eigenvalue weighted by Crippen LogP contribution is 2.23. The maximum Gasteiger partial charge on any atom is 0.338 e. The predicted octanol–water partition coefficient (Wildman–Crippen LogP) is 1.53. The molecule has 1 rings (SSSR count). The van der Waals surface area contributed by atoms with E-state index in [2.05, 4.69) is 18.7 Å². The first-order valence-corrected chi connectivity index (χ1v) is 5.13. The average molecular weight is 203 g/mol. The van der Waals surface area contributed by atoms with Crippen LogP contribution in [0.1, 0.15) is 26.7 Å². The zero-order valence-electron chi connectivity index (χ0n) is 8.74. The van der Waals surface area contributed by atoms with Gasteiger partial charge in [0.15, 0.2) is 6.17 Å². The Kier molecular flexibility index (Phi) is 3.86. The lowest BCUT2D eigenvalue weighted by atomic mass is 9.91. The van der Waals surface area contributed by atoms with Crippen LogP contribution in [0.5, 0.6) is 0 Å². The molecule has 1 unspecified atom stereocenters. The van der Waals surface area contributed by atoms with Crippen LogP contribution in [0, 0.1) is 5.92 Å². The Hall–Kier alpha value is -0.640. The second-order valence-corrected chi connectivity index (χ2v) is 4.21. The van der Waals surface area contributed by atoms with Crippen molar-refractivity contribution in [1.82, 2.24) is 4.90 Å². The number of aliphatic carboxylic acids is 1. The SMILES string of the molecule is CC(C)N1CCC(C(F)C(=O)O)CC1. The molecule has 0 saturated carbocycles. The van der Waals surface area contributed by atoms with Gasteiger partial charge in [0.25, 0.3) is 0 Å². The number of rotatable bonds is 3. The number of hydrogen-bond acceptors (Lipinski definition) is 2. The van der Waals surface area contributed by atoms with Crippen LogP contribution in [-0.4, -0.2) is 41.3 Å². The van der Waals surface area contributed by atoms with Crippen LogP contribution >= 0.6 is 0 Å². The van der Waals surface area contributed by atoms with E-state index in [1.54, 1.807) is 0 Å². The Balaban J connectivity index is 2.39. The Morgan fingerprint density at radius 1 is 1.43 bits per heavy atom. The van der Waals surface area contributed by atoms with Gasteiger partial charge in [-0.25, -0.2) is 9.18 Å². The normalized spacial score (nSPS) is 22.6. The van der Waals surface area contributed by atoms with Gasteiger partial charge in [0.1, 0.15) is 0 Å². The summed E-state index contributed by atoms with van der Waals surface area (Å²) in [6.45, 7) is 5.83. The molecule has 1 fully saturated rings. The summed E-state index contributed by atoms with van der Waals surface area (Å²) in [5, 5.41) is 8.52. The third-order valence-electron chi connectivity index (χ3n) is 2.95. The predicted molar refractivity (Wildman–Crippen MR) is 52.0 cm³/mol. The summed E-state index contributed by atoms with van der Waals surface area (Å²) in [6.07, 6.45) is -0.360. The van der Waals surface area contributed by atoms with Crippen molar-refractivity contribution in [2.24, 2.45) is 5.92 Å². The van der Waals surface area contributed by atoms with Crippen molar-refractivity contribution in [3.8, 4) is 0 Å². The number of piperidine rings is 1. The molecule has 3 nitrogen and oxygen atoms in total. The molecular formula is C10H18FNO2. The number of nitrogens with zero attached hydrogens (tertiary/aromatic N) is 1. The van der Waals surface area contributed by atoms with E-state index >= 15 is 0 Å². The zero-order valence-corrected chi connectivity index (χ0v) is 8.74. The van der Waals surface area contributed by atoms with Crippen molar-refractivity contribution < 1.29 is 14.3 Å². The molecule has 0 aliphatic carbocycles. The third kappa shape index (κ3) is 2.67. The molecule has 1 saturated heterocycles. The number of alkyl halides is 1. The number of carbonyl (C=O) groups is 1. The number of hydrogen-bond donors (Lipinski definition) is 1. The van der Waals surface area contributed by atoms with E-state index in [4.69, 9.17) is 5.11 Å². The molecule has 1 aliphatic rings. The number of halogens is 1. The van der Waals surface area contributed by atoms with Gasteiger partial charge in [-0.2, -0.15) is 0 Å². The van der Waals surface area contributed by atoms with Gasteiger partial charge in [0, 0.05) is 12.0 Å². The van der Waals surface area contributed by atoms with Gasteiger partial charge in [-0.05, 0) is 39.8 Å². The molecule has 0 amide bonds. The minimum atomic E-state index is -1.68. The van der Waals surface area contributed by atoms with Crippen molar-refractivity contribution >= 4 is 5.97 Å². The molecular weight excluding hydrogens is 185 g/mol. The van der Waals surface area contributed by atoms with Gasteiger partial charge >= 0.3 is 5.97 Å². The van der Waals surface area contributed by atoms with Gasteiger partial charge < -0.3 is 10.0 Å². The van der Waals surface area contributed by atoms with Crippen molar-refractivity contribution in [3.05, 3.63) is 0 Å². The second kappa shape index (κ2) is 4.73. The summed E-state index contributed by atoms with van der Waals surface area (Å²) >= 11 is 0. The van der Waals surface area contributed by atoms with Crippen LogP contribution in [0.4, 0.5) is 4.39 Å². The fourth-order valence-corrected chi connectivity index (χ4v) is 1.93. The van der Waals surface area contributed by atoms with E-state index in [0.717, 1.165) is 13.1 Å². The molecule has 1 aliphatic heterocycles. The molecule has 1 N–H and O–H groups in total. The lowest BCUT2D eigenvalue weighted by molar-refractivity contribution is -0.145. The number of likely N-dealkylation sites (tertiary alicyclic amines) is 1. The van der Waals surface area contributed by atoms with E-state index < -0.39 is 12.1 Å². The van der Waals surface area contributed by atoms with Crippen molar-refractivity contribution in [3.63, 3.8) is 0 Å². The van der Waals surface area contributed by atoms with Crippen molar-refractivity contribution in [2.75, 3.05) is 13.1 Å². The summed E-state index contributed by atoms with van der Waals surface area (Å²) in [4.78, 5) is 12.7. The average Bonchev–Trinajstić information content (AvgIpc) is 2.16. The Morgan fingerprint density at radius 3 is 2.29 bits per heavy atom. The summed E-state index contributed by atoms with van der Waals surface area (Å²) < 4.78 is 13.1. The number of carboxylic acid groups (broad SMARTS) is 1. The molecule has 4 heteroatoms. The topological polar surface area (TPSA) is 40.5 Å². The fraction of sp³-hybridized carbons (Fsp3) is 0.900. The maximum atomic E-state index is 13.1. The van der Waals surface area contributed by atoms with Gasteiger partial charge in [0.05, 0.1) is 0 Å². The minimum Gasteiger partial charge on any atom is -0.479 e. The summed E-state index contributed by atoms with van der Waals surface area (Å²) in [7, 11) is 0. The molecule has 0 bridgehead atoms. The van der Waals surface area contributed by atoms with Crippen LogP contribution in [0.2, 0.25) is 0 Å². The fourth-order valence-electron chi connectivity index (χ4n) is 1.93. The third-order valence-corrected chi connectivity index (χ3v) is 2.95. The summed E-state index contributed by atoms with van der Waals surface area (Å²) in [5.74, 6) is -1.60.